The van der Waals surface area contributed by atoms with Crippen LogP contribution in [0.1, 0.15) is 6.92 Å². The van der Waals surface area contributed by atoms with Gasteiger partial charge in [-0.05, 0) is 24.6 Å². The van der Waals surface area contributed by atoms with Crippen molar-refractivity contribution in [1.29, 1.82) is 0 Å². The van der Waals surface area contributed by atoms with E-state index in [4.69, 9.17) is 5.73 Å². The second-order valence-corrected chi connectivity index (χ2v) is 5.55. The number of amides is 2. The highest BCUT2D eigenvalue weighted by Gasteiger charge is 2.17. The topological polar surface area (TPSA) is 84.2 Å². The van der Waals surface area contributed by atoms with E-state index >= 15 is 0 Å². The van der Waals surface area contributed by atoms with E-state index in [1.807, 2.05) is 31.2 Å². The van der Waals surface area contributed by atoms with Crippen molar-refractivity contribution in [2.24, 2.45) is 5.73 Å². The molecule has 2 amide bonds. The normalized spacial score (nSPS) is 13.6. The maximum absolute atomic E-state index is 12.1. The number of rotatable bonds is 5. The zero-order valence-corrected chi connectivity index (χ0v) is 12.0. The monoisotopic (exact) mass is 291 g/mol. The number of benzene rings is 1. The predicted molar refractivity (Wildman–Crippen MR) is 80.6 cm³/mol. The number of para-hydroxylation sites is 1. The van der Waals surface area contributed by atoms with Gasteiger partial charge in [-0.2, -0.15) is 0 Å². The molecule has 5 nitrogen and oxygen atoms in total. The highest BCUT2D eigenvalue weighted by atomic mass is 32.2. The fraction of sp³-hybridized carbons (Fsp3) is 0.286. The zero-order chi connectivity index (χ0) is 14.5. The van der Waals surface area contributed by atoms with Gasteiger partial charge in [-0.1, -0.05) is 12.1 Å². The van der Waals surface area contributed by atoms with Crippen molar-refractivity contribution >= 4 is 29.3 Å². The summed E-state index contributed by atoms with van der Waals surface area (Å²) in [6, 6.07) is 7.38. The van der Waals surface area contributed by atoms with Gasteiger partial charge in [-0.25, -0.2) is 0 Å². The summed E-state index contributed by atoms with van der Waals surface area (Å²) in [6.07, 6.45) is 0. The van der Waals surface area contributed by atoms with Crippen molar-refractivity contribution in [3.63, 3.8) is 0 Å². The number of primary amides is 1. The Balaban J connectivity index is 2.08. The molecular formula is C14H17N3O2S. The molecule has 1 aromatic carbocycles. The predicted octanol–water partition coefficient (Wildman–Crippen LogP) is 1.12. The van der Waals surface area contributed by atoms with Crippen molar-refractivity contribution in [1.82, 2.24) is 5.32 Å². The summed E-state index contributed by atoms with van der Waals surface area (Å²) in [5, 5.41) is 6.00. The fourth-order valence-electron chi connectivity index (χ4n) is 1.74. The quantitative estimate of drug-likeness (QED) is 0.561. The molecule has 6 heteroatoms. The van der Waals surface area contributed by atoms with Gasteiger partial charge in [0.2, 0.25) is 5.91 Å². The van der Waals surface area contributed by atoms with Crippen LogP contribution in [0, 0.1) is 0 Å². The van der Waals surface area contributed by atoms with E-state index in [2.05, 4.69) is 10.6 Å². The average molecular weight is 291 g/mol. The Morgan fingerprint density at radius 3 is 2.65 bits per heavy atom. The highest BCUT2D eigenvalue weighted by Crippen LogP contribution is 2.27. The molecule has 0 saturated carbocycles. The molecule has 20 heavy (non-hydrogen) atoms. The maximum Gasteiger partial charge on any atom is 0.251 e. The third kappa shape index (κ3) is 3.61. The Morgan fingerprint density at radius 2 is 2.05 bits per heavy atom. The van der Waals surface area contributed by atoms with Gasteiger partial charge in [0.15, 0.2) is 0 Å². The van der Waals surface area contributed by atoms with Gasteiger partial charge in [0, 0.05) is 23.6 Å². The van der Waals surface area contributed by atoms with Crippen molar-refractivity contribution < 1.29 is 9.59 Å². The Hall–Kier alpha value is -1.79. The molecule has 0 radical (unpaired) electrons. The summed E-state index contributed by atoms with van der Waals surface area (Å²) in [5.41, 5.74) is 7.73. The lowest BCUT2D eigenvalue weighted by atomic mass is 10.0. The van der Waals surface area contributed by atoms with Crippen LogP contribution in [0.15, 0.2) is 40.3 Å². The van der Waals surface area contributed by atoms with E-state index in [9.17, 15) is 9.59 Å². The molecule has 1 aliphatic rings. The standard InChI is InChI=1S/C14H17N3O2S/c1-9(10-6-16-7-10)14(19)17-11-4-2-3-5-12(11)20-8-13(15)18/h2-5,16H,6-8H2,1H3,(H2,15,18)(H,17,19). The Bertz CT molecular complexity index is 563. The van der Waals surface area contributed by atoms with E-state index < -0.39 is 0 Å². The lowest BCUT2D eigenvalue weighted by Gasteiger charge is -2.21. The summed E-state index contributed by atoms with van der Waals surface area (Å²) < 4.78 is 0. The minimum absolute atomic E-state index is 0.103. The van der Waals surface area contributed by atoms with Crippen LogP contribution in [-0.4, -0.2) is 30.7 Å². The first-order chi connectivity index (χ1) is 9.58. The van der Waals surface area contributed by atoms with E-state index in [1.54, 1.807) is 0 Å². The molecule has 0 aromatic heterocycles. The van der Waals surface area contributed by atoms with Crippen LogP contribution in [0.4, 0.5) is 5.69 Å². The molecule has 1 fully saturated rings. The van der Waals surface area contributed by atoms with Gasteiger partial charge in [0.05, 0.1) is 11.4 Å². The number of carbonyl (C=O) groups excluding carboxylic acids is 2. The molecule has 1 aliphatic heterocycles. The smallest absolute Gasteiger partial charge is 0.251 e. The van der Waals surface area contributed by atoms with Crippen LogP contribution in [0.5, 0.6) is 0 Å². The van der Waals surface area contributed by atoms with Crippen LogP contribution < -0.4 is 16.4 Å². The van der Waals surface area contributed by atoms with E-state index in [-0.39, 0.29) is 17.6 Å². The third-order valence-corrected chi connectivity index (χ3v) is 4.15. The second kappa shape index (κ2) is 6.58. The van der Waals surface area contributed by atoms with Crippen molar-refractivity contribution in [3.8, 4) is 0 Å². The molecule has 1 saturated heterocycles. The first kappa shape index (κ1) is 14.6. The summed E-state index contributed by atoms with van der Waals surface area (Å²) in [7, 11) is 0. The summed E-state index contributed by atoms with van der Waals surface area (Å²) in [6.45, 7) is 3.37. The van der Waals surface area contributed by atoms with Crippen LogP contribution >= 0.6 is 11.8 Å². The molecular weight excluding hydrogens is 274 g/mol. The summed E-state index contributed by atoms with van der Waals surface area (Å²) >= 11 is 1.32. The number of hydrogen-bond donors (Lipinski definition) is 3. The molecule has 0 spiro atoms. The molecule has 4 N–H and O–H groups in total. The number of carbonyl (C=O) groups is 2. The summed E-state index contributed by atoms with van der Waals surface area (Å²) in [5.74, 6) is -0.291. The first-order valence-corrected chi connectivity index (χ1v) is 7.27. The third-order valence-electron chi connectivity index (χ3n) is 3.05. The van der Waals surface area contributed by atoms with Crippen LogP contribution in [0.2, 0.25) is 0 Å². The molecule has 1 heterocycles. The molecule has 0 aliphatic carbocycles. The van der Waals surface area contributed by atoms with E-state index in [1.165, 1.54) is 11.8 Å². The first-order valence-electron chi connectivity index (χ1n) is 6.28. The van der Waals surface area contributed by atoms with Gasteiger partial charge in [0.1, 0.15) is 0 Å². The summed E-state index contributed by atoms with van der Waals surface area (Å²) in [4.78, 5) is 23.8. The Morgan fingerprint density at radius 1 is 1.35 bits per heavy atom. The molecule has 0 unspecified atom stereocenters. The largest absolute Gasteiger partial charge is 0.369 e. The van der Waals surface area contributed by atoms with Gasteiger partial charge < -0.3 is 16.4 Å². The number of anilines is 1. The van der Waals surface area contributed by atoms with Gasteiger partial charge in [0.25, 0.3) is 5.91 Å². The number of thioether (sulfide) groups is 1. The van der Waals surface area contributed by atoms with Crippen molar-refractivity contribution in [3.05, 3.63) is 35.4 Å². The van der Waals surface area contributed by atoms with Gasteiger partial charge in [-0.15, -0.1) is 11.8 Å². The van der Waals surface area contributed by atoms with Crippen molar-refractivity contribution in [2.45, 2.75) is 11.8 Å². The molecule has 106 valence electrons. The highest BCUT2D eigenvalue weighted by molar-refractivity contribution is 8.00. The second-order valence-electron chi connectivity index (χ2n) is 4.54. The Kier molecular flexibility index (Phi) is 4.81. The molecule has 0 atom stereocenters. The van der Waals surface area contributed by atoms with Gasteiger partial charge in [-0.3, -0.25) is 9.59 Å². The number of nitrogens with one attached hydrogen (secondary N) is 2. The number of hydrogen-bond acceptors (Lipinski definition) is 4. The minimum atomic E-state index is -0.380. The van der Waals surface area contributed by atoms with Crippen molar-refractivity contribution in [2.75, 3.05) is 24.2 Å². The van der Waals surface area contributed by atoms with Crippen LogP contribution in [0.3, 0.4) is 0 Å². The van der Waals surface area contributed by atoms with E-state index in [0.717, 1.165) is 29.1 Å². The molecule has 0 bridgehead atoms. The molecule has 1 aromatic rings. The average Bonchev–Trinajstić information content (AvgIpc) is 2.35. The maximum atomic E-state index is 12.1. The fourth-order valence-corrected chi connectivity index (χ4v) is 2.48. The van der Waals surface area contributed by atoms with Gasteiger partial charge >= 0.3 is 0 Å². The SMILES string of the molecule is CC(C(=O)Nc1ccccc1SCC(N)=O)=C1CNC1. The van der Waals surface area contributed by atoms with Crippen LogP contribution in [0.25, 0.3) is 0 Å². The lowest BCUT2D eigenvalue weighted by Crippen LogP contribution is -2.36. The van der Waals surface area contributed by atoms with E-state index in [0.29, 0.717) is 5.69 Å². The lowest BCUT2D eigenvalue weighted by molar-refractivity contribution is -0.115. The number of nitrogens with two attached hydrogens (primary N) is 1. The minimum Gasteiger partial charge on any atom is -0.369 e. The molecule has 2 rings (SSSR count). The van der Waals surface area contributed by atoms with Crippen LogP contribution in [-0.2, 0) is 9.59 Å². The Labute approximate surface area is 122 Å². The zero-order valence-electron chi connectivity index (χ0n) is 11.2.